The van der Waals surface area contributed by atoms with Crippen molar-refractivity contribution in [3.05, 3.63) is 59.1 Å². The van der Waals surface area contributed by atoms with Crippen LogP contribution in [0, 0.1) is 0 Å². The Morgan fingerprint density at radius 3 is 2.68 bits per heavy atom. The lowest BCUT2D eigenvalue weighted by Gasteiger charge is -2.31. The van der Waals surface area contributed by atoms with Gasteiger partial charge in [0.1, 0.15) is 0 Å². The van der Waals surface area contributed by atoms with Crippen LogP contribution >= 0.6 is 23.4 Å². The molecule has 8 heteroatoms. The molecule has 142 valence electrons. The number of carbonyl (C=O) groups excluding carboxylic acids is 1. The standard InChI is InChI=1S/C20H17ClN4O2S/c1-3-16(26)25-15-11-7-5-9-13(15)17-18(22-20(28-2)24-23-17)27-19(25)12-8-4-6-10-14(12)21/h4-11,19H,3H2,1-2H3/t19-/m1/s1. The number of aromatic nitrogens is 3. The van der Waals surface area contributed by atoms with E-state index in [0.717, 1.165) is 5.56 Å². The van der Waals surface area contributed by atoms with Crippen LogP contribution in [-0.2, 0) is 4.79 Å². The summed E-state index contributed by atoms with van der Waals surface area (Å²) in [6.07, 6.45) is 1.41. The van der Waals surface area contributed by atoms with Crippen molar-refractivity contribution in [2.24, 2.45) is 0 Å². The number of ether oxygens (including phenoxy) is 1. The predicted octanol–water partition coefficient (Wildman–Crippen LogP) is 4.75. The fourth-order valence-electron chi connectivity index (χ4n) is 3.12. The first kappa shape index (κ1) is 18.7. The summed E-state index contributed by atoms with van der Waals surface area (Å²) < 4.78 is 6.28. The van der Waals surface area contributed by atoms with E-state index >= 15 is 0 Å². The van der Waals surface area contributed by atoms with E-state index in [1.807, 2.05) is 55.6 Å². The minimum absolute atomic E-state index is 0.0942. The predicted molar refractivity (Wildman–Crippen MR) is 110 cm³/mol. The van der Waals surface area contributed by atoms with Crippen LogP contribution < -0.4 is 9.64 Å². The third-order valence-electron chi connectivity index (χ3n) is 4.44. The Hall–Kier alpha value is -2.64. The van der Waals surface area contributed by atoms with Gasteiger partial charge in [-0.25, -0.2) is 0 Å². The van der Waals surface area contributed by atoms with Crippen molar-refractivity contribution in [1.29, 1.82) is 0 Å². The maximum Gasteiger partial charge on any atom is 0.247 e. The molecule has 6 nitrogen and oxygen atoms in total. The van der Waals surface area contributed by atoms with Crippen LogP contribution in [0.1, 0.15) is 25.1 Å². The Morgan fingerprint density at radius 1 is 1.18 bits per heavy atom. The molecule has 2 heterocycles. The molecule has 1 aliphatic rings. The summed E-state index contributed by atoms with van der Waals surface area (Å²) in [6.45, 7) is 1.82. The summed E-state index contributed by atoms with van der Waals surface area (Å²) in [6, 6.07) is 14.8. The zero-order valence-corrected chi connectivity index (χ0v) is 16.9. The van der Waals surface area contributed by atoms with E-state index in [0.29, 0.717) is 39.4 Å². The Balaban J connectivity index is 2.00. The zero-order valence-electron chi connectivity index (χ0n) is 15.3. The highest BCUT2D eigenvalue weighted by atomic mass is 35.5. The van der Waals surface area contributed by atoms with Crippen molar-refractivity contribution >= 4 is 35.0 Å². The Bertz CT molecular complexity index is 1050. The Morgan fingerprint density at radius 2 is 1.93 bits per heavy atom. The number of halogens is 1. The number of carbonyl (C=O) groups is 1. The number of nitrogens with zero attached hydrogens (tertiary/aromatic N) is 4. The summed E-state index contributed by atoms with van der Waals surface area (Å²) in [5, 5.41) is 9.48. The topological polar surface area (TPSA) is 68.2 Å². The fourth-order valence-corrected chi connectivity index (χ4v) is 3.64. The number of thioether (sulfide) groups is 1. The molecule has 28 heavy (non-hydrogen) atoms. The van der Waals surface area contributed by atoms with Gasteiger partial charge in [0.25, 0.3) is 0 Å². The summed E-state index contributed by atoms with van der Waals surface area (Å²) >= 11 is 7.84. The van der Waals surface area contributed by atoms with E-state index in [9.17, 15) is 4.79 Å². The molecule has 0 spiro atoms. The normalized spacial score (nSPS) is 15.2. The van der Waals surface area contributed by atoms with Crippen molar-refractivity contribution in [2.45, 2.75) is 24.7 Å². The van der Waals surface area contributed by atoms with Crippen LogP contribution in [0.15, 0.2) is 53.7 Å². The number of rotatable bonds is 3. The SMILES string of the molecule is CCC(=O)N1c2ccccc2-c2nnc(SC)nc2O[C@@H]1c1ccccc1Cl. The first-order valence-corrected chi connectivity index (χ1v) is 10.4. The maximum absolute atomic E-state index is 13.0. The van der Waals surface area contributed by atoms with Crippen LogP contribution in [0.4, 0.5) is 5.69 Å². The molecule has 0 radical (unpaired) electrons. The van der Waals surface area contributed by atoms with Gasteiger partial charge in [0.05, 0.1) is 5.69 Å². The van der Waals surface area contributed by atoms with Gasteiger partial charge in [-0.3, -0.25) is 9.69 Å². The second kappa shape index (κ2) is 7.77. The van der Waals surface area contributed by atoms with Crippen LogP contribution in [0.5, 0.6) is 5.88 Å². The van der Waals surface area contributed by atoms with Gasteiger partial charge in [-0.05, 0) is 18.4 Å². The number of fused-ring (bicyclic) bond motifs is 3. The molecule has 0 saturated carbocycles. The van der Waals surface area contributed by atoms with Gasteiger partial charge < -0.3 is 4.74 Å². The molecular formula is C20H17ClN4O2S. The molecule has 1 aromatic heterocycles. The molecular weight excluding hydrogens is 396 g/mol. The number of hydrogen-bond donors (Lipinski definition) is 0. The van der Waals surface area contributed by atoms with Crippen molar-refractivity contribution in [1.82, 2.24) is 15.2 Å². The smallest absolute Gasteiger partial charge is 0.247 e. The van der Waals surface area contributed by atoms with E-state index < -0.39 is 6.23 Å². The fraction of sp³-hybridized carbons (Fsp3) is 0.200. The van der Waals surface area contributed by atoms with Gasteiger partial charge in [0, 0.05) is 22.6 Å². The lowest BCUT2D eigenvalue weighted by atomic mass is 10.1. The molecule has 0 bridgehead atoms. The first-order valence-electron chi connectivity index (χ1n) is 8.75. The second-order valence-corrected chi connectivity index (χ2v) is 7.26. The lowest BCUT2D eigenvalue weighted by Crippen LogP contribution is -2.37. The molecule has 1 amide bonds. The molecule has 1 aliphatic heterocycles. The monoisotopic (exact) mass is 412 g/mol. The molecule has 4 rings (SSSR count). The van der Waals surface area contributed by atoms with Gasteiger partial charge in [0.2, 0.25) is 23.2 Å². The Labute approximate surface area is 171 Å². The first-order chi connectivity index (χ1) is 13.6. The largest absolute Gasteiger partial charge is 0.447 e. The minimum atomic E-state index is -0.769. The third-order valence-corrected chi connectivity index (χ3v) is 5.32. The molecule has 2 aromatic carbocycles. The van der Waals surface area contributed by atoms with E-state index in [-0.39, 0.29) is 5.91 Å². The van der Waals surface area contributed by atoms with Crippen molar-refractivity contribution in [3.63, 3.8) is 0 Å². The average Bonchev–Trinajstić information content (AvgIpc) is 2.87. The minimum Gasteiger partial charge on any atom is -0.447 e. The maximum atomic E-state index is 13.0. The van der Waals surface area contributed by atoms with Gasteiger partial charge >= 0.3 is 0 Å². The van der Waals surface area contributed by atoms with Crippen molar-refractivity contribution in [3.8, 4) is 17.1 Å². The van der Waals surface area contributed by atoms with Crippen LogP contribution in [0.25, 0.3) is 11.3 Å². The van der Waals surface area contributed by atoms with Crippen LogP contribution in [-0.4, -0.2) is 27.3 Å². The van der Waals surface area contributed by atoms with Gasteiger partial charge in [-0.1, -0.05) is 66.7 Å². The van der Waals surface area contributed by atoms with E-state index in [2.05, 4.69) is 15.2 Å². The molecule has 3 aromatic rings. The molecule has 0 unspecified atom stereocenters. The lowest BCUT2D eigenvalue weighted by molar-refractivity contribution is -0.120. The quantitative estimate of drug-likeness (QED) is 0.578. The molecule has 0 N–H and O–H groups in total. The molecule has 0 aliphatic carbocycles. The number of anilines is 1. The Kier molecular flexibility index (Phi) is 5.19. The summed E-state index contributed by atoms with van der Waals surface area (Å²) in [4.78, 5) is 19.1. The summed E-state index contributed by atoms with van der Waals surface area (Å²) in [5.41, 5.74) is 2.60. The number of benzene rings is 2. The summed E-state index contributed by atoms with van der Waals surface area (Å²) in [5.74, 6) is 0.228. The zero-order chi connectivity index (χ0) is 19.7. The highest BCUT2D eigenvalue weighted by Gasteiger charge is 2.36. The van der Waals surface area contributed by atoms with Crippen molar-refractivity contribution < 1.29 is 9.53 Å². The highest BCUT2D eigenvalue weighted by Crippen LogP contribution is 2.44. The number of para-hydroxylation sites is 1. The molecule has 1 atom stereocenters. The number of hydrogen-bond acceptors (Lipinski definition) is 6. The van der Waals surface area contributed by atoms with Gasteiger partial charge in [-0.15, -0.1) is 10.2 Å². The third kappa shape index (κ3) is 3.21. The highest BCUT2D eigenvalue weighted by molar-refractivity contribution is 7.98. The van der Waals surface area contributed by atoms with Crippen LogP contribution in [0.3, 0.4) is 0 Å². The van der Waals surface area contributed by atoms with Crippen LogP contribution in [0.2, 0.25) is 5.02 Å². The molecule has 0 saturated heterocycles. The molecule has 0 fully saturated rings. The summed E-state index contributed by atoms with van der Waals surface area (Å²) in [7, 11) is 0. The average molecular weight is 413 g/mol. The van der Waals surface area contributed by atoms with Crippen molar-refractivity contribution in [2.75, 3.05) is 11.2 Å². The van der Waals surface area contributed by atoms with E-state index in [1.165, 1.54) is 11.8 Å². The van der Waals surface area contributed by atoms with Gasteiger partial charge in [0.15, 0.2) is 5.69 Å². The van der Waals surface area contributed by atoms with E-state index in [1.54, 1.807) is 11.0 Å². The number of amides is 1. The van der Waals surface area contributed by atoms with Gasteiger partial charge in [-0.2, -0.15) is 4.98 Å². The van der Waals surface area contributed by atoms with E-state index in [4.69, 9.17) is 16.3 Å². The second-order valence-electron chi connectivity index (χ2n) is 6.08.